The van der Waals surface area contributed by atoms with E-state index < -0.39 is 24.2 Å². The van der Waals surface area contributed by atoms with Crippen LogP contribution in [-0.4, -0.2) is 41.0 Å². The molecule has 0 saturated heterocycles. The van der Waals surface area contributed by atoms with Crippen LogP contribution in [0.1, 0.15) is 72.1 Å². The number of aliphatic hydroxyl groups is 2. The zero-order valence-corrected chi connectivity index (χ0v) is 16.8. The molecule has 0 saturated carbocycles. The Morgan fingerprint density at radius 3 is 1.89 bits per heavy atom. The molecule has 0 heterocycles. The molecule has 0 aliphatic rings. The molecule has 0 amide bonds. The van der Waals surface area contributed by atoms with Gasteiger partial charge in [-0.15, -0.1) is 0 Å². The van der Waals surface area contributed by atoms with E-state index in [9.17, 15) is 19.8 Å². The van der Waals surface area contributed by atoms with Gasteiger partial charge in [0, 0.05) is 11.1 Å². The molecule has 2 atom stereocenters. The van der Waals surface area contributed by atoms with Crippen LogP contribution in [0.5, 0.6) is 0 Å². The normalized spacial score (nSPS) is 14.1. The summed E-state index contributed by atoms with van der Waals surface area (Å²) in [6.45, 7) is 11.7. The molecule has 27 heavy (non-hydrogen) atoms. The van der Waals surface area contributed by atoms with Crippen LogP contribution < -0.4 is 0 Å². The number of ether oxygens (including phenoxy) is 3. The third kappa shape index (κ3) is 10.9. The van der Waals surface area contributed by atoms with Gasteiger partial charge in [-0.1, -0.05) is 65.0 Å². The first kappa shape index (κ1) is 25.3. The molecular weight excluding hydrogens is 352 g/mol. The van der Waals surface area contributed by atoms with Crippen LogP contribution in [0.15, 0.2) is 24.3 Å². The number of carbonyl (C=O) groups is 2. The lowest BCUT2D eigenvalue weighted by molar-refractivity contribution is -0.412. The second-order valence-electron chi connectivity index (χ2n) is 6.66. The molecule has 0 fully saturated rings. The molecule has 0 radical (unpaired) electrons. The fourth-order valence-electron chi connectivity index (χ4n) is 2.10. The second kappa shape index (κ2) is 13.5. The molecule has 0 aliphatic heterocycles. The molecule has 0 aromatic rings. The van der Waals surface area contributed by atoms with E-state index in [1.807, 2.05) is 0 Å². The molecular formula is C20H34O7. The quantitative estimate of drug-likeness (QED) is 0.193. The van der Waals surface area contributed by atoms with Gasteiger partial charge in [-0.3, -0.25) is 0 Å². The predicted molar refractivity (Wildman–Crippen MR) is 101 cm³/mol. The van der Waals surface area contributed by atoms with Crippen molar-refractivity contribution in [3.63, 3.8) is 0 Å². The maximum absolute atomic E-state index is 11.7. The van der Waals surface area contributed by atoms with Crippen LogP contribution in [0.4, 0.5) is 0 Å². The van der Waals surface area contributed by atoms with Gasteiger partial charge in [0.15, 0.2) is 0 Å². The van der Waals surface area contributed by atoms with E-state index in [1.165, 1.54) is 39.5 Å². The third-order valence-corrected chi connectivity index (χ3v) is 3.77. The molecule has 0 aliphatic carbocycles. The highest BCUT2D eigenvalue weighted by Crippen LogP contribution is 2.20. The summed E-state index contributed by atoms with van der Waals surface area (Å²) in [6.07, 6.45) is 6.21. The third-order valence-electron chi connectivity index (χ3n) is 3.77. The van der Waals surface area contributed by atoms with E-state index in [1.54, 1.807) is 0 Å². The summed E-state index contributed by atoms with van der Waals surface area (Å²) in [5, 5.41) is 20.3. The fraction of sp³-hybridized carbons (Fsp3) is 0.700. The lowest BCUT2D eigenvalue weighted by atomic mass is 10.1. The minimum Gasteiger partial charge on any atom is -0.422 e. The van der Waals surface area contributed by atoms with Crippen molar-refractivity contribution in [2.45, 2.75) is 84.4 Å². The minimum atomic E-state index is -2.82. The Kier molecular flexibility index (Phi) is 12.6. The van der Waals surface area contributed by atoms with Crippen molar-refractivity contribution in [3.8, 4) is 0 Å². The number of aliphatic hydroxyl groups excluding tert-OH is 1. The number of rotatable bonds is 15. The molecule has 7 heteroatoms. The van der Waals surface area contributed by atoms with E-state index in [0.29, 0.717) is 6.42 Å². The first-order valence-electron chi connectivity index (χ1n) is 9.43. The zero-order chi connectivity index (χ0) is 20.9. The standard InChI is InChI=1S/C20H34O7/c1-6-7-8-9-10-11-12-13-14-25-20(24,27-18(22)16(4)5)19(23)26-17(21)15(2)3/h19,23-24H,2,4,6-14H2,1,3,5H3. The van der Waals surface area contributed by atoms with Crippen LogP contribution in [0.3, 0.4) is 0 Å². The van der Waals surface area contributed by atoms with E-state index in [-0.39, 0.29) is 17.8 Å². The Morgan fingerprint density at radius 1 is 0.926 bits per heavy atom. The van der Waals surface area contributed by atoms with Crippen molar-refractivity contribution in [3.05, 3.63) is 24.3 Å². The molecule has 156 valence electrons. The number of hydrogen-bond acceptors (Lipinski definition) is 7. The molecule has 2 unspecified atom stereocenters. The number of carbonyl (C=O) groups excluding carboxylic acids is 2. The summed E-state index contributed by atoms with van der Waals surface area (Å²) in [6, 6.07) is 0. The van der Waals surface area contributed by atoms with Gasteiger partial charge in [0.25, 0.3) is 6.29 Å². The number of esters is 2. The average molecular weight is 386 g/mol. The van der Waals surface area contributed by atoms with Gasteiger partial charge in [0.05, 0.1) is 6.61 Å². The summed E-state index contributed by atoms with van der Waals surface area (Å²) < 4.78 is 14.5. The van der Waals surface area contributed by atoms with E-state index >= 15 is 0 Å². The highest BCUT2D eigenvalue weighted by Gasteiger charge is 2.45. The maximum atomic E-state index is 11.7. The summed E-state index contributed by atoms with van der Waals surface area (Å²) in [5.41, 5.74) is -0.00627. The SMILES string of the molecule is C=C(C)C(=O)OC(O)C(O)(OCCCCCCCCCC)OC(=O)C(=C)C. The average Bonchev–Trinajstić information content (AvgIpc) is 2.59. The number of unbranched alkanes of at least 4 members (excludes halogenated alkanes) is 7. The van der Waals surface area contributed by atoms with Crippen molar-refractivity contribution < 1.29 is 34.0 Å². The van der Waals surface area contributed by atoms with Crippen molar-refractivity contribution in [1.82, 2.24) is 0 Å². The van der Waals surface area contributed by atoms with Gasteiger partial charge in [0.2, 0.25) is 0 Å². The van der Waals surface area contributed by atoms with Gasteiger partial charge in [-0.25, -0.2) is 9.59 Å². The Morgan fingerprint density at radius 2 is 1.41 bits per heavy atom. The first-order chi connectivity index (χ1) is 12.6. The molecule has 7 nitrogen and oxygen atoms in total. The van der Waals surface area contributed by atoms with Crippen molar-refractivity contribution >= 4 is 11.9 Å². The topological polar surface area (TPSA) is 102 Å². The predicted octanol–water partition coefficient (Wildman–Crippen LogP) is 3.35. The summed E-state index contributed by atoms with van der Waals surface area (Å²) in [4.78, 5) is 23.2. The summed E-state index contributed by atoms with van der Waals surface area (Å²) in [7, 11) is 0. The lowest BCUT2D eigenvalue weighted by Crippen LogP contribution is -2.51. The smallest absolute Gasteiger partial charge is 0.393 e. The largest absolute Gasteiger partial charge is 0.422 e. The summed E-state index contributed by atoms with van der Waals surface area (Å²) in [5.74, 6) is -4.76. The molecule has 0 rings (SSSR count). The highest BCUT2D eigenvalue weighted by molar-refractivity contribution is 5.88. The van der Waals surface area contributed by atoms with Gasteiger partial charge in [0.1, 0.15) is 0 Å². The van der Waals surface area contributed by atoms with Crippen molar-refractivity contribution in [1.29, 1.82) is 0 Å². The van der Waals surface area contributed by atoms with Gasteiger partial charge in [-0.05, 0) is 20.3 Å². The van der Waals surface area contributed by atoms with Crippen LogP contribution in [-0.2, 0) is 23.8 Å². The van der Waals surface area contributed by atoms with E-state index in [4.69, 9.17) is 9.47 Å². The van der Waals surface area contributed by atoms with Gasteiger partial charge in [-0.2, -0.15) is 0 Å². The number of hydrogen-bond donors (Lipinski definition) is 2. The monoisotopic (exact) mass is 386 g/mol. The van der Waals surface area contributed by atoms with E-state index in [0.717, 1.165) is 19.3 Å². The Bertz CT molecular complexity index is 501. The minimum absolute atomic E-state index is 0.00528. The molecule has 0 aromatic heterocycles. The fourth-order valence-corrected chi connectivity index (χ4v) is 2.10. The second-order valence-corrected chi connectivity index (χ2v) is 6.66. The zero-order valence-electron chi connectivity index (χ0n) is 16.8. The van der Waals surface area contributed by atoms with Gasteiger partial charge < -0.3 is 24.4 Å². The molecule has 2 N–H and O–H groups in total. The Hall–Kier alpha value is -1.70. The Balaban J connectivity index is 4.54. The lowest BCUT2D eigenvalue weighted by Gasteiger charge is -2.30. The Labute approximate surface area is 162 Å². The molecule has 0 spiro atoms. The van der Waals surface area contributed by atoms with Gasteiger partial charge >= 0.3 is 17.9 Å². The van der Waals surface area contributed by atoms with Crippen LogP contribution >= 0.6 is 0 Å². The van der Waals surface area contributed by atoms with Crippen LogP contribution in [0, 0.1) is 0 Å². The molecule has 0 bridgehead atoms. The van der Waals surface area contributed by atoms with Crippen molar-refractivity contribution in [2.75, 3.05) is 6.61 Å². The summed E-state index contributed by atoms with van der Waals surface area (Å²) >= 11 is 0. The van der Waals surface area contributed by atoms with Crippen LogP contribution in [0.25, 0.3) is 0 Å². The maximum Gasteiger partial charge on any atom is 0.393 e. The van der Waals surface area contributed by atoms with Crippen molar-refractivity contribution in [2.24, 2.45) is 0 Å². The van der Waals surface area contributed by atoms with E-state index in [2.05, 4.69) is 24.8 Å². The highest BCUT2D eigenvalue weighted by atomic mass is 16.9. The van der Waals surface area contributed by atoms with Crippen LogP contribution in [0.2, 0.25) is 0 Å². The first-order valence-corrected chi connectivity index (χ1v) is 9.43. The molecule has 0 aromatic carbocycles.